The molecule has 1 aromatic rings. The van der Waals surface area contributed by atoms with Crippen molar-refractivity contribution in [1.82, 2.24) is 5.32 Å². The van der Waals surface area contributed by atoms with Crippen LogP contribution in [0.1, 0.15) is 37.8 Å². The van der Waals surface area contributed by atoms with E-state index >= 15 is 0 Å². The first kappa shape index (κ1) is 11.7. The van der Waals surface area contributed by atoms with Crippen molar-refractivity contribution in [2.24, 2.45) is 5.92 Å². The molecule has 1 fully saturated rings. The summed E-state index contributed by atoms with van der Waals surface area (Å²) >= 11 is 0. The van der Waals surface area contributed by atoms with Gasteiger partial charge in [0.15, 0.2) is 0 Å². The minimum atomic E-state index is 0.721. The zero-order valence-corrected chi connectivity index (χ0v) is 10.5. The van der Waals surface area contributed by atoms with Crippen LogP contribution < -0.4 is 5.32 Å². The van der Waals surface area contributed by atoms with Crippen LogP contribution in [0.5, 0.6) is 0 Å². The van der Waals surface area contributed by atoms with Crippen molar-refractivity contribution in [1.29, 1.82) is 0 Å². The summed E-state index contributed by atoms with van der Waals surface area (Å²) in [6.45, 7) is 5.68. The molecule has 0 spiro atoms. The zero-order valence-electron chi connectivity index (χ0n) is 10.5. The van der Waals surface area contributed by atoms with Gasteiger partial charge in [0.1, 0.15) is 0 Å². The molecule has 0 aliphatic carbocycles. The van der Waals surface area contributed by atoms with Crippen molar-refractivity contribution in [2.45, 2.75) is 45.6 Å². The third-order valence-electron chi connectivity index (χ3n) is 3.72. The van der Waals surface area contributed by atoms with E-state index in [1.807, 2.05) is 0 Å². The molecule has 2 unspecified atom stereocenters. The summed E-state index contributed by atoms with van der Waals surface area (Å²) in [5, 5.41) is 3.57. The molecule has 16 heavy (non-hydrogen) atoms. The van der Waals surface area contributed by atoms with Crippen molar-refractivity contribution < 1.29 is 0 Å². The van der Waals surface area contributed by atoms with Crippen molar-refractivity contribution in [2.75, 3.05) is 6.54 Å². The molecule has 0 amide bonds. The largest absolute Gasteiger partial charge is 0.314 e. The topological polar surface area (TPSA) is 12.0 Å². The molecule has 1 aromatic carbocycles. The Kier molecular flexibility index (Phi) is 4.00. The lowest BCUT2D eigenvalue weighted by Crippen LogP contribution is -2.37. The van der Waals surface area contributed by atoms with Gasteiger partial charge in [0.05, 0.1) is 0 Å². The van der Waals surface area contributed by atoms with Crippen LogP contribution >= 0.6 is 0 Å². The Bertz CT molecular complexity index is 307. The van der Waals surface area contributed by atoms with Crippen molar-refractivity contribution >= 4 is 0 Å². The predicted molar refractivity (Wildman–Crippen MR) is 69.7 cm³/mol. The Morgan fingerprint density at radius 3 is 2.38 bits per heavy atom. The second-order valence-corrected chi connectivity index (χ2v) is 5.13. The Labute approximate surface area is 99.3 Å². The van der Waals surface area contributed by atoms with Gasteiger partial charge < -0.3 is 5.32 Å². The van der Waals surface area contributed by atoms with Crippen molar-refractivity contribution in [3.63, 3.8) is 0 Å². The minimum absolute atomic E-state index is 0.721. The highest BCUT2D eigenvalue weighted by Gasteiger charge is 2.17. The average Bonchev–Trinajstić information content (AvgIpc) is 2.33. The molecule has 0 saturated carbocycles. The third-order valence-corrected chi connectivity index (χ3v) is 3.72. The SMILES string of the molecule is CCc1ccc(CC2CCC(C)NC2)cc1. The van der Waals surface area contributed by atoms with Gasteiger partial charge in [-0.3, -0.25) is 0 Å². The maximum absolute atomic E-state index is 3.57. The van der Waals surface area contributed by atoms with Gasteiger partial charge in [-0.25, -0.2) is 0 Å². The van der Waals surface area contributed by atoms with E-state index in [9.17, 15) is 0 Å². The number of aryl methyl sites for hydroxylation is 1. The van der Waals surface area contributed by atoms with Gasteiger partial charge in [0.2, 0.25) is 0 Å². The van der Waals surface area contributed by atoms with Gasteiger partial charge in [0, 0.05) is 6.04 Å². The maximum Gasteiger partial charge on any atom is 0.00389 e. The van der Waals surface area contributed by atoms with Crippen molar-refractivity contribution in [3.8, 4) is 0 Å². The smallest absolute Gasteiger partial charge is 0.00389 e. The molecule has 1 N–H and O–H groups in total. The second kappa shape index (κ2) is 5.49. The van der Waals surface area contributed by atoms with E-state index in [0.29, 0.717) is 0 Å². The van der Waals surface area contributed by atoms with Crippen LogP contribution in [0.2, 0.25) is 0 Å². The minimum Gasteiger partial charge on any atom is -0.314 e. The van der Waals surface area contributed by atoms with Gasteiger partial charge in [-0.05, 0) is 56.2 Å². The number of nitrogens with one attached hydrogen (secondary N) is 1. The van der Waals surface area contributed by atoms with Gasteiger partial charge in [-0.2, -0.15) is 0 Å². The van der Waals surface area contributed by atoms with E-state index in [2.05, 4.69) is 43.4 Å². The maximum atomic E-state index is 3.57. The van der Waals surface area contributed by atoms with Crippen LogP contribution in [0.4, 0.5) is 0 Å². The standard InChI is InChI=1S/C15H23N/c1-3-13-6-8-14(9-7-13)10-15-5-4-12(2)16-11-15/h6-9,12,15-16H,3-5,10-11H2,1-2H3. The lowest BCUT2D eigenvalue weighted by molar-refractivity contribution is 0.322. The summed E-state index contributed by atoms with van der Waals surface area (Å²) in [4.78, 5) is 0. The molecule has 1 saturated heterocycles. The van der Waals surface area contributed by atoms with Gasteiger partial charge in [-0.15, -0.1) is 0 Å². The highest BCUT2D eigenvalue weighted by Crippen LogP contribution is 2.19. The average molecular weight is 217 g/mol. The summed E-state index contributed by atoms with van der Waals surface area (Å²) in [5.41, 5.74) is 2.94. The predicted octanol–water partition coefficient (Wildman–Crippen LogP) is 3.18. The molecule has 1 aliphatic heterocycles. The fourth-order valence-electron chi connectivity index (χ4n) is 2.48. The summed E-state index contributed by atoms with van der Waals surface area (Å²) in [6.07, 6.45) is 5.09. The highest BCUT2D eigenvalue weighted by atomic mass is 14.9. The van der Waals surface area contributed by atoms with Crippen LogP contribution in [0.3, 0.4) is 0 Å². The van der Waals surface area contributed by atoms with E-state index in [0.717, 1.165) is 18.4 Å². The first-order valence-electron chi connectivity index (χ1n) is 6.59. The number of hydrogen-bond donors (Lipinski definition) is 1. The van der Waals surface area contributed by atoms with Gasteiger partial charge in [0.25, 0.3) is 0 Å². The monoisotopic (exact) mass is 217 g/mol. The molecule has 2 rings (SSSR count). The van der Waals surface area contributed by atoms with E-state index in [-0.39, 0.29) is 0 Å². The molecule has 2 atom stereocenters. The Hall–Kier alpha value is -0.820. The molecular weight excluding hydrogens is 194 g/mol. The molecule has 0 aromatic heterocycles. The Balaban J connectivity index is 1.88. The molecule has 1 heterocycles. The van der Waals surface area contributed by atoms with Crippen LogP contribution in [-0.4, -0.2) is 12.6 Å². The van der Waals surface area contributed by atoms with Gasteiger partial charge in [-0.1, -0.05) is 31.2 Å². The summed E-state index contributed by atoms with van der Waals surface area (Å²) in [5.74, 6) is 0.837. The number of benzene rings is 1. The second-order valence-electron chi connectivity index (χ2n) is 5.13. The van der Waals surface area contributed by atoms with Crippen molar-refractivity contribution in [3.05, 3.63) is 35.4 Å². The number of piperidine rings is 1. The Morgan fingerprint density at radius 2 is 1.81 bits per heavy atom. The molecule has 0 bridgehead atoms. The summed E-state index contributed by atoms with van der Waals surface area (Å²) in [7, 11) is 0. The summed E-state index contributed by atoms with van der Waals surface area (Å²) in [6, 6.07) is 9.87. The normalized spacial score (nSPS) is 25.6. The van der Waals surface area contributed by atoms with Gasteiger partial charge >= 0.3 is 0 Å². The molecule has 0 radical (unpaired) electrons. The van der Waals surface area contributed by atoms with E-state index in [1.165, 1.54) is 36.9 Å². The molecule has 88 valence electrons. The van der Waals surface area contributed by atoms with E-state index < -0.39 is 0 Å². The third kappa shape index (κ3) is 3.08. The molecule has 1 aliphatic rings. The van der Waals surface area contributed by atoms with Crippen LogP contribution in [0.25, 0.3) is 0 Å². The molecular formula is C15H23N. The number of rotatable bonds is 3. The van der Waals surface area contributed by atoms with Crippen LogP contribution in [0.15, 0.2) is 24.3 Å². The van der Waals surface area contributed by atoms with E-state index in [1.54, 1.807) is 0 Å². The quantitative estimate of drug-likeness (QED) is 0.820. The fourth-order valence-corrected chi connectivity index (χ4v) is 2.48. The molecule has 1 nitrogen and oxygen atoms in total. The summed E-state index contributed by atoms with van der Waals surface area (Å²) < 4.78 is 0. The zero-order chi connectivity index (χ0) is 11.4. The Morgan fingerprint density at radius 1 is 1.12 bits per heavy atom. The van der Waals surface area contributed by atoms with E-state index in [4.69, 9.17) is 0 Å². The first-order valence-corrected chi connectivity index (χ1v) is 6.59. The number of hydrogen-bond acceptors (Lipinski definition) is 1. The highest BCUT2D eigenvalue weighted by molar-refractivity contribution is 5.22. The molecule has 1 heteroatoms. The fraction of sp³-hybridized carbons (Fsp3) is 0.600. The lowest BCUT2D eigenvalue weighted by Gasteiger charge is -2.27. The van der Waals surface area contributed by atoms with Crippen LogP contribution in [0, 0.1) is 5.92 Å². The lowest BCUT2D eigenvalue weighted by atomic mass is 9.89. The van der Waals surface area contributed by atoms with Crippen LogP contribution in [-0.2, 0) is 12.8 Å². The first-order chi connectivity index (χ1) is 7.78.